The zero-order valence-corrected chi connectivity index (χ0v) is 12.2. The van der Waals surface area contributed by atoms with Crippen molar-refractivity contribution in [2.75, 3.05) is 0 Å². The Balaban J connectivity index is 1.48. The van der Waals surface area contributed by atoms with Crippen LogP contribution in [0.5, 0.6) is 0 Å². The summed E-state index contributed by atoms with van der Waals surface area (Å²) in [6.07, 6.45) is 1.67. The third kappa shape index (κ3) is 3.51. The number of halogens is 2. The van der Waals surface area contributed by atoms with Crippen LogP contribution in [0, 0.1) is 11.6 Å². The third-order valence-corrected chi connectivity index (χ3v) is 3.97. The number of benzene rings is 2. The molecule has 2 aromatic carbocycles. The summed E-state index contributed by atoms with van der Waals surface area (Å²) in [5.74, 6) is -0.517. The summed E-state index contributed by atoms with van der Waals surface area (Å²) in [6, 6.07) is 13.2. The van der Waals surface area contributed by atoms with Gasteiger partial charge >= 0.3 is 0 Å². The van der Waals surface area contributed by atoms with E-state index >= 15 is 0 Å². The molecule has 0 amide bonds. The average Bonchev–Trinajstić information content (AvgIpc) is 2.50. The van der Waals surface area contributed by atoms with E-state index in [1.165, 1.54) is 12.1 Å². The lowest BCUT2D eigenvalue weighted by atomic mass is 9.91. The molecule has 0 saturated heterocycles. The van der Waals surface area contributed by atoms with Crippen LogP contribution in [0.15, 0.2) is 48.5 Å². The minimum absolute atomic E-state index is 0.0496. The summed E-state index contributed by atoms with van der Waals surface area (Å²) in [5.41, 5.74) is 1.09. The molecule has 0 spiro atoms. The smallest absolute Gasteiger partial charge is 0.128 e. The van der Waals surface area contributed by atoms with E-state index in [1.807, 2.05) is 0 Å². The highest BCUT2D eigenvalue weighted by Gasteiger charge is 2.32. The molecule has 2 aromatic rings. The number of ether oxygens (including phenoxy) is 2. The Morgan fingerprint density at radius 1 is 0.727 bits per heavy atom. The second-order valence-corrected chi connectivity index (χ2v) is 5.46. The molecule has 1 aliphatic carbocycles. The molecular formula is C18H18F2O2. The van der Waals surface area contributed by atoms with E-state index in [2.05, 4.69) is 0 Å². The van der Waals surface area contributed by atoms with Crippen molar-refractivity contribution in [2.45, 2.75) is 38.3 Å². The second kappa shape index (κ2) is 6.99. The van der Waals surface area contributed by atoms with Crippen LogP contribution in [-0.4, -0.2) is 12.2 Å². The quantitative estimate of drug-likeness (QED) is 0.795. The monoisotopic (exact) mass is 304 g/mol. The first kappa shape index (κ1) is 15.1. The van der Waals surface area contributed by atoms with Crippen LogP contribution >= 0.6 is 0 Å². The lowest BCUT2D eigenvalue weighted by Gasteiger charge is -2.36. The number of hydrogen-bond donors (Lipinski definition) is 0. The van der Waals surface area contributed by atoms with Crippen molar-refractivity contribution in [1.82, 2.24) is 0 Å². The molecule has 1 aliphatic rings. The molecule has 4 heteroatoms. The van der Waals surface area contributed by atoms with Crippen molar-refractivity contribution in [2.24, 2.45) is 0 Å². The van der Waals surface area contributed by atoms with Crippen LogP contribution < -0.4 is 0 Å². The normalized spacial score (nSPS) is 20.6. The minimum Gasteiger partial charge on any atom is -0.371 e. The van der Waals surface area contributed by atoms with Crippen LogP contribution in [0.25, 0.3) is 0 Å². The van der Waals surface area contributed by atoms with E-state index < -0.39 is 0 Å². The first-order valence-corrected chi connectivity index (χ1v) is 7.44. The average molecular weight is 304 g/mol. The summed E-state index contributed by atoms with van der Waals surface area (Å²) in [7, 11) is 0. The Morgan fingerprint density at radius 2 is 1.14 bits per heavy atom. The first-order valence-electron chi connectivity index (χ1n) is 7.44. The summed E-state index contributed by atoms with van der Waals surface area (Å²) in [6.45, 7) is 0.466. The van der Waals surface area contributed by atoms with Gasteiger partial charge in [-0.1, -0.05) is 36.4 Å². The molecule has 22 heavy (non-hydrogen) atoms. The zero-order valence-electron chi connectivity index (χ0n) is 12.2. The van der Waals surface area contributed by atoms with Crippen LogP contribution in [-0.2, 0) is 22.7 Å². The first-order chi connectivity index (χ1) is 10.7. The van der Waals surface area contributed by atoms with Crippen LogP contribution in [0.3, 0.4) is 0 Å². The fourth-order valence-electron chi connectivity index (χ4n) is 2.44. The van der Waals surface area contributed by atoms with Crippen molar-refractivity contribution >= 4 is 0 Å². The number of rotatable bonds is 6. The molecule has 3 rings (SSSR count). The fourth-order valence-corrected chi connectivity index (χ4v) is 2.44. The van der Waals surface area contributed by atoms with Crippen LogP contribution in [0.4, 0.5) is 8.78 Å². The third-order valence-electron chi connectivity index (χ3n) is 3.97. The topological polar surface area (TPSA) is 18.5 Å². The molecule has 0 N–H and O–H groups in total. The molecule has 2 nitrogen and oxygen atoms in total. The van der Waals surface area contributed by atoms with Gasteiger partial charge in [-0.2, -0.15) is 0 Å². The Morgan fingerprint density at radius 3 is 1.50 bits per heavy atom. The second-order valence-electron chi connectivity index (χ2n) is 5.46. The van der Waals surface area contributed by atoms with E-state index in [1.54, 1.807) is 36.4 Å². The lowest BCUT2D eigenvalue weighted by molar-refractivity contribution is -0.139. The molecule has 2 atom stereocenters. The SMILES string of the molecule is Fc1ccccc1COC1CCC1OCc1ccccc1F. The predicted molar refractivity (Wildman–Crippen MR) is 79.2 cm³/mol. The van der Waals surface area contributed by atoms with Gasteiger partial charge in [0.1, 0.15) is 11.6 Å². The molecule has 0 aliphatic heterocycles. The van der Waals surface area contributed by atoms with E-state index in [0.717, 1.165) is 12.8 Å². The number of hydrogen-bond acceptors (Lipinski definition) is 2. The van der Waals surface area contributed by atoms with Crippen molar-refractivity contribution < 1.29 is 18.3 Å². The maximum absolute atomic E-state index is 13.5. The highest BCUT2D eigenvalue weighted by atomic mass is 19.1. The van der Waals surface area contributed by atoms with Gasteiger partial charge in [-0.3, -0.25) is 0 Å². The highest BCUT2D eigenvalue weighted by molar-refractivity contribution is 5.17. The van der Waals surface area contributed by atoms with Crippen molar-refractivity contribution in [1.29, 1.82) is 0 Å². The molecule has 0 bridgehead atoms. The summed E-state index contributed by atoms with van der Waals surface area (Å²) >= 11 is 0. The minimum atomic E-state index is -0.259. The van der Waals surface area contributed by atoms with Gasteiger partial charge in [0.2, 0.25) is 0 Å². The van der Waals surface area contributed by atoms with Gasteiger partial charge in [0.05, 0.1) is 25.4 Å². The van der Waals surface area contributed by atoms with E-state index in [4.69, 9.17) is 9.47 Å². The molecule has 1 fully saturated rings. The lowest BCUT2D eigenvalue weighted by Crippen LogP contribution is -2.41. The van der Waals surface area contributed by atoms with E-state index in [0.29, 0.717) is 11.1 Å². The van der Waals surface area contributed by atoms with Crippen molar-refractivity contribution in [3.63, 3.8) is 0 Å². The zero-order chi connectivity index (χ0) is 15.4. The van der Waals surface area contributed by atoms with Crippen LogP contribution in [0.1, 0.15) is 24.0 Å². The Hall–Kier alpha value is -1.78. The predicted octanol–water partition coefficient (Wildman–Crippen LogP) is 4.23. The van der Waals surface area contributed by atoms with Crippen molar-refractivity contribution in [3.8, 4) is 0 Å². The van der Waals surface area contributed by atoms with E-state index in [-0.39, 0.29) is 37.1 Å². The molecule has 2 unspecified atom stereocenters. The van der Waals surface area contributed by atoms with Gasteiger partial charge in [-0.25, -0.2) is 8.78 Å². The molecule has 0 aromatic heterocycles. The van der Waals surface area contributed by atoms with Gasteiger partial charge < -0.3 is 9.47 Å². The van der Waals surface area contributed by atoms with Gasteiger partial charge in [0.15, 0.2) is 0 Å². The van der Waals surface area contributed by atoms with Crippen LogP contribution in [0.2, 0.25) is 0 Å². The van der Waals surface area contributed by atoms with Gasteiger partial charge in [-0.15, -0.1) is 0 Å². The summed E-state index contributed by atoms with van der Waals surface area (Å²) < 4.78 is 38.5. The molecular weight excluding hydrogens is 286 g/mol. The maximum Gasteiger partial charge on any atom is 0.128 e. The molecule has 0 heterocycles. The van der Waals surface area contributed by atoms with Crippen molar-refractivity contribution in [3.05, 3.63) is 71.3 Å². The Kier molecular flexibility index (Phi) is 4.80. The van der Waals surface area contributed by atoms with Gasteiger partial charge in [-0.05, 0) is 25.0 Å². The Labute approximate surface area is 128 Å². The van der Waals surface area contributed by atoms with Gasteiger partial charge in [0, 0.05) is 11.1 Å². The molecule has 0 radical (unpaired) electrons. The largest absolute Gasteiger partial charge is 0.371 e. The maximum atomic E-state index is 13.5. The summed E-state index contributed by atoms with van der Waals surface area (Å²) in [5, 5.41) is 0. The Bertz CT molecular complexity index is 574. The van der Waals surface area contributed by atoms with E-state index in [9.17, 15) is 8.78 Å². The summed E-state index contributed by atoms with van der Waals surface area (Å²) in [4.78, 5) is 0. The standard InChI is InChI=1S/C18H18F2O2/c19-15-7-3-1-5-13(15)11-21-17-9-10-18(17)22-12-14-6-2-4-8-16(14)20/h1-8,17-18H,9-12H2. The van der Waals surface area contributed by atoms with Gasteiger partial charge in [0.25, 0.3) is 0 Å². The fraction of sp³-hybridized carbons (Fsp3) is 0.333. The highest BCUT2D eigenvalue weighted by Crippen LogP contribution is 2.28. The molecule has 116 valence electrons. The molecule has 1 saturated carbocycles.